The van der Waals surface area contributed by atoms with E-state index >= 15 is 0 Å². The van der Waals surface area contributed by atoms with Gasteiger partial charge in [-0.15, -0.1) is 0 Å². The first-order chi connectivity index (χ1) is 35.2. The van der Waals surface area contributed by atoms with Crippen LogP contribution in [-0.4, -0.2) is 191 Å². The van der Waals surface area contributed by atoms with Crippen LogP contribution < -0.4 is 53.2 Å². The van der Waals surface area contributed by atoms with Gasteiger partial charge in [0.25, 0.3) is 0 Å². The van der Waals surface area contributed by atoms with Gasteiger partial charge >= 0.3 is 0 Å². The van der Waals surface area contributed by atoms with Crippen LogP contribution in [-0.2, 0) is 54.4 Å². The second-order valence-electron chi connectivity index (χ2n) is 17.1. The zero-order chi connectivity index (χ0) is 55.5. The van der Waals surface area contributed by atoms with Crippen LogP contribution >= 0.6 is 34.4 Å². The van der Waals surface area contributed by atoms with Gasteiger partial charge in [0.15, 0.2) is 0 Å². The predicted molar refractivity (Wildman–Crippen MR) is 276 cm³/mol. The molecule has 0 spiro atoms. The van der Waals surface area contributed by atoms with Crippen molar-refractivity contribution in [3.05, 3.63) is 36.0 Å². The van der Waals surface area contributed by atoms with E-state index < -0.39 is 134 Å². The molecule has 2 aromatic rings. The molecular weight excluding hydrogens is 1010 g/mol. The number of fused-ring (bicyclic) bond motifs is 1. The third-order valence-corrected chi connectivity index (χ3v) is 13.7. The Labute approximate surface area is 437 Å². The van der Waals surface area contributed by atoms with Crippen molar-refractivity contribution in [2.75, 3.05) is 58.1 Å². The number of benzene rings is 1. The number of nitrogens with two attached hydrogens (primary N) is 1. The monoisotopic (exact) mass is 1090 g/mol. The van der Waals surface area contributed by atoms with E-state index in [9.17, 15) is 68.4 Å². The molecule has 28 heteroatoms. The summed E-state index contributed by atoms with van der Waals surface area (Å²) in [5.74, 6) is -8.73. The molecule has 0 aliphatic rings. The van der Waals surface area contributed by atoms with E-state index in [0.717, 1.165) is 11.0 Å². The van der Waals surface area contributed by atoms with E-state index in [1.807, 2.05) is 0 Å². The fraction of sp³-hybridized carbons (Fsp3) is 0.600. The normalized spacial score (nSPS) is 15.3. The molecule has 1 heterocycles. The number of nitrogens with one attached hydrogen (secondary N) is 10. The minimum atomic E-state index is -1.73. The second-order valence-corrected chi connectivity index (χ2v) is 19.7. The summed E-state index contributed by atoms with van der Waals surface area (Å²) in [6.45, 7) is 1.36. The molecule has 0 fully saturated rings. The highest BCUT2D eigenvalue weighted by atomic mass is 33.1. The number of thiol groups is 1. The predicted octanol–water partition coefficient (Wildman–Crippen LogP) is -4.37. The average Bonchev–Trinajstić information content (AvgIpc) is 3.78. The van der Waals surface area contributed by atoms with Crippen molar-refractivity contribution in [3.8, 4) is 0 Å². The number of primary amides is 1. The second kappa shape index (κ2) is 34.6. The fourth-order valence-corrected chi connectivity index (χ4v) is 9.12. The molecule has 5 amide bonds. The smallest absolute Gasteiger partial charge is 0.245 e. The molecule has 73 heavy (non-hydrogen) atoms. The molecule has 1 aromatic carbocycles. The highest BCUT2D eigenvalue weighted by molar-refractivity contribution is 8.76. The van der Waals surface area contributed by atoms with Crippen molar-refractivity contribution < 1.29 is 69.7 Å². The molecule has 3 unspecified atom stereocenters. The van der Waals surface area contributed by atoms with Crippen LogP contribution in [0.3, 0.4) is 0 Å². The highest BCUT2D eigenvalue weighted by Crippen LogP contribution is 2.23. The van der Waals surface area contributed by atoms with Crippen molar-refractivity contribution in [2.24, 2.45) is 17.6 Å². The summed E-state index contributed by atoms with van der Waals surface area (Å²) in [7, 11) is 3.93. The summed E-state index contributed by atoms with van der Waals surface area (Å²) in [6.07, 6.45) is 1.42. The largest absolute Gasteiger partial charge is 0.394 e. The third-order valence-electron chi connectivity index (χ3n) is 11.3. The molecule has 0 aliphatic carbocycles. The van der Waals surface area contributed by atoms with E-state index in [0.29, 0.717) is 35.2 Å². The summed E-state index contributed by atoms with van der Waals surface area (Å²) in [4.78, 5) is 132. The number of para-hydroxylation sites is 1. The topological polar surface area (TPSA) is 402 Å². The molecule has 9 atom stereocenters. The lowest BCUT2D eigenvalue weighted by molar-refractivity contribution is -0.141. The first-order valence-corrected chi connectivity index (χ1v) is 26.3. The van der Waals surface area contributed by atoms with Crippen molar-refractivity contribution in [3.63, 3.8) is 0 Å². The number of hydrogen-bond acceptors (Lipinski definition) is 22. The van der Waals surface area contributed by atoms with Gasteiger partial charge in [0.2, 0.25) is 41.1 Å². The van der Waals surface area contributed by atoms with E-state index in [1.54, 1.807) is 51.4 Å². The first kappa shape index (κ1) is 62.4. The van der Waals surface area contributed by atoms with Gasteiger partial charge in [-0.3, -0.25) is 43.2 Å². The SMILES string of the molecule is [2H]C(=O)[C@@H](CCSSN[C@@H](CS)C(=O)C(=O)[C@@H](NC(=O)C(CO)NC(=O)[C@H](Cc1c[nH]c2ccccc12)NC(=O)C(CO)NNC(CO)C(=O)N[C@@H](CO)C(N)=O)C(C)C)CCC(=O)CN[C@@H](CCNC)C(C)=O. The highest BCUT2D eigenvalue weighted by Gasteiger charge is 2.36. The van der Waals surface area contributed by atoms with Gasteiger partial charge in [-0.05, 0) is 68.3 Å². The summed E-state index contributed by atoms with van der Waals surface area (Å²) in [5.41, 5.74) is 11.0. The van der Waals surface area contributed by atoms with Crippen LogP contribution in [0.2, 0.25) is 0 Å². The first-order valence-electron chi connectivity index (χ1n) is 23.8. The Bertz CT molecular complexity index is 2210. The quantitative estimate of drug-likeness (QED) is 0.00570. The van der Waals surface area contributed by atoms with Crippen LogP contribution in [0.15, 0.2) is 30.5 Å². The Kier molecular flexibility index (Phi) is 29.6. The zero-order valence-corrected chi connectivity index (χ0v) is 43.6. The van der Waals surface area contributed by atoms with Crippen LogP contribution in [0.5, 0.6) is 0 Å². The number of rotatable bonds is 40. The maximum absolute atomic E-state index is 14.0. The van der Waals surface area contributed by atoms with Crippen LogP contribution in [0.25, 0.3) is 10.9 Å². The summed E-state index contributed by atoms with van der Waals surface area (Å²) in [5, 5.41) is 55.5. The lowest BCUT2D eigenvalue weighted by atomic mass is 9.94. The Morgan fingerprint density at radius 3 is 1.89 bits per heavy atom. The van der Waals surface area contributed by atoms with E-state index in [4.69, 9.17) is 7.10 Å². The lowest BCUT2D eigenvalue weighted by Gasteiger charge is -2.27. The summed E-state index contributed by atoms with van der Waals surface area (Å²) < 4.78 is 10.5. The van der Waals surface area contributed by atoms with Gasteiger partial charge in [0.1, 0.15) is 49.4 Å². The number of aliphatic hydroxyl groups excluding tert-OH is 4. The van der Waals surface area contributed by atoms with Crippen molar-refractivity contribution in [1.29, 1.82) is 0 Å². The van der Waals surface area contributed by atoms with E-state index in [2.05, 4.69) is 65.1 Å². The summed E-state index contributed by atoms with van der Waals surface area (Å²) in [6, 6.07) is -3.99. The molecule has 16 N–H and O–H groups in total. The molecule has 0 bridgehead atoms. The maximum atomic E-state index is 14.0. The van der Waals surface area contributed by atoms with Crippen LogP contribution in [0, 0.1) is 11.8 Å². The Morgan fingerprint density at radius 1 is 0.767 bits per heavy atom. The number of Topliss-reactive ketones (excluding diaryl/α,β-unsaturated/α-hetero) is 4. The Balaban J connectivity index is 2.12. The van der Waals surface area contributed by atoms with Crippen LogP contribution in [0.4, 0.5) is 0 Å². The average molecular weight is 1090 g/mol. The molecule has 1 aromatic heterocycles. The molecule has 25 nitrogen and oxygen atoms in total. The number of carbonyl (C=O) groups is 10. The number of ketones is 4. The van der Waals surface area contributed by atoms with E-state index in [1.165, 1.54) is 17.7 Å². The van der Waals surface area contributed by atoms with Gasteiger partial charge in [-0.25, -0.2) is 15.6 Å². The number of aldehydes is 1. The summed E-state index contributed by atoms with van der Waals surface area (Å²) >= 11 is 4.22. The Hall–Kier alpha value is -4.85. The van der Waals surface area contributed by atoms with Crippen molar-refractivity contribution in [2.45, 2.75) is 101 Å². The molecule has 0 radical (unpaired) electrons. The molecule has 408 valence electrons. The van der Waals surface area contributed by atoms with Gasteiger partial charge in [-0.1, -0.05) is 42.8 Å². The molecule has 2 rings (SSSR count). The van der Waals surface area contributed by atoms with Gasteiger partial charge in [0, 0.05) is 47.4 Å². The number of aliphatic hydroxyl groups is 4. The number of carbonyl (C=O) groups excluding carboxylic acids is 10. The standard InChI is InChI=1S/C45H71N11O14S3/c1-24(2)38(40(65)39(64)37(23-71)56-73-72-14-12-26(18-57)9-10-28(63)17-49-30(25(3)62)11-13-47-4)53-43(68)34(20-59)52-42(67)32(15-27-16-48-31-8-6-5-7-29(27)31)50-44(69)35(21-60)54-55-36(22-61)45(70)51-33(19-58)41(46)66/h5-8,16,18,24,26,30,32-38,47-49,54-56,58-61,71H,9-15,17,19-23H2,1-4H3,(H2,46,66)(H,50,69)(H,51,70)(H,52,67)(H,53,68)/t26-,30+,32+,33+,34?,35?,36?,37+,38+/m1/s1/i18D. The molecule has 0 aliphatic heterocycles. The fourth-order valence-electron chi connectivity index (χ4n) is 6.81. The van der Waals surface area contributed by atoms with Crippen molar-refractivity contribution >= 4 is 104 Å². The van der Waals surface area contributed by atoms with Gasteiger partial charge in [-0.2, -0.15) is 12.6 Å². The number of H-pyrrole nitrogens is 1. The maximum Gasteiger partial charge on any atom is 0.245 e. The number of amides is 5. The number of aromatic nitrogens is 1. The molecule has 0 saturated carbocycles. The zero-order valence-electron chi connectivity index (χ0n) is 42.1. The Morgan fingerprint density at radius 2 is 1.34 bits per heavy atom. The number of hydrazine groups is 1. The van der Waals surface area contributed by atoms with Crippen molar-refractivity contribution in [1.82, 2.24) is 52.5 Å². The minimum Gasteiger partial charge on any atom is -0.394 e. The molecular formula is C45H71N11O14S3. The number of hydrogen-bond donors (Lipinski definition) is 16. The molecule has 0 saturated heterocycles. The number of aromatic amines is 1. The van der Waals surface area contributed by atoms with E-state index in [-0.39, 0.29) is 49.5 Å². The minimum absolute atomic E-state index is 0.0231. The van der Waals surface area contributed by atoms with Gasteiger partial charge < -0.3 is 67.8 Å². The van der Waals surface area contributed by atoms with Gasteiger partial charge in [0.05, 0.1) is 51.1 Å². The third kappa shape index (κ3) is 21.9. The van der Waals surface area contributed by atoms with Crippen LogP contribution in [0.1, 0.15) is 53.4 Å². The lowest BCUT2D eigenvalue weighted by Crippen LogP contribution is -2.63.